The molecule has 0 bridgehead atoms. The van der Waals surface area contributed by atoms with Crippen molar-refractivity contribution in [1.82, 2.24) is 4.98 Å². The zero-order chi connectivity index (χ0) is 32.7. The Morgan fingerprint density at radius 3 is 1.96 bits per heavy atom. The smallest absolute Gasteiger partial charge is 0.337 e. The number of nitrogens with zero attached hydrogens (tertiary/aromatic N) is 1. The highest BCUT2D eigenvalue weighted by Crippen LogP contribution is 2.40. The molecule has 0 radical (unpaired) electrons. The Bertz CT molecular complexity index is 1880. The van der Waals surface area contributed by atoms with Gasteiger partial charge in [0.15, 0.2) is 5.13 Å². The van der Waals surface area contributed by atoms with Crippen LogP contribution < -0.4 is 15.4 Å². The number of hydrogen-bond donors (Lipinski definition) is 3. The van der Waals surface area contributed by atoms with Gasteiger partial charge in [-0.15, -0.1) is 0 Å². The van der Waals surface area contributed by atoms with Gasteiger partial charge in [-0.3, -0.25) is 9.52 Å². The summed E-state index contributed by atoms with van der Waals surface area (Å²) in [6.45, 7) is 0.423. The van der Waals surface area contributed by atoms with E-state index in [1.54, 1.807) is 48.5 Å². The third kappa shape index (κ3) is 7.56. The first-order valence-corrected chi connectivity index (χ1v) is 17.3. The van der Waals surface area contributed by atoms with E-state index in [0.29, 0.717) is 44.9 Å². The number of methoxy groups -OCH3 is 1. The van der Waals surface area contributed by atoms with E-state index in [2.05, 4.69) is 20.3 Å². The number of hydrogen-bond acceptors (Lipinski definition) is 8. The molecule has 0 atom stereocenters. The average Bonchev–Trinajstić information content (AvgIpc) is 3.42. The standard InChI is InChI=1S/C34H31ClN4O5S2/c1-44-31(40)24-15-17-27(18-16-24)36-22-21-34(25-9-5-3-6-10-25,26-11-7-4-8-12-26)32(41)38-33-37-29(30(35)45-33)23-13-19-28(20-14-23)39-46(2,42)43/h3-20,36,39H,21-22H2,1-2H3,(H,37,38,41). The van der Waals surface area contributed by atoms with Crippen LogP contribution in [0, 0.1) is 0 Å². The number of aromatic nitrogens is 1. The minimum atomic E-state index is -3.42. The number of ether oxygens (including phenoxy) is 1. The van der Waals surface area contributed by atoms with Crippen LogP contribution in [0.2, 0.25) is 4.34 Å². The second kappa shape index (κ2) is 14.2. The van der Waals surface area contributed by atoms with Crippen LogP contribution in [0.15, 0.2) is 109 Å². The first-order valence-electron chi connectivity index (χ1n) is 14.2. The summed E-state index contributed by atoms with van der Waals surface area (Å²) in [5.74, 6) is -0.695. The molecule has 0 unspecified atom stereocenters. The number of anilines is 3. The average molecular weight is 675 g/mol. The Hall–Kier alpha value is -4.71. The van der Waals surface area contributed by atoms with Crippen molar-refractivity contribution in [2.45, 2.75) is 11.8 Å². The quantitative estimate of drug-likeness (QED) is 0.121. The van der Waals surface area contributed by atoms with Crippen LogP contribution in [0.1, 0.15) is 27.9 Å². The molecule has 0 aliphatic carbocycles. The van der Waals surface area contributed by atoms with Crippen molar-refractivity contribution < 1.29 is 22.7 Å². The number of rotatable bonds is 12. The maximum absolute atomic E-state index is 14.5. The third-order valence-electron chi connectivity index (χ3n) is 7.32. The molecule has 0 aliphatic heterocycles. The summed E-state index contributed by atoms with van der Waals surface area (Å²) in [7, 11) is -2.08. The van der Waals surface area contributed by atoms with Crippen LogP contribution in [-0.4, -0.2) is 45.2 Å². The first-order chi connectivity index (χ1) is 22.1. The summed E-state index contributed by atoms with van der Waals surface area (Å²) in [6, 6.07) is 32.8. The van der Waals surface area contributed by atoms with Crippen molar-refractivity contribution in [3.8, 4) is 11.3 Å². The van der Waals surface area contributed by atoms with Crippen molar-refractivity contribution in [3.63, 3.8) is 0 Å². The summed E-state index contributed by atoms with van der Waals surface area (Å²) in [5, 5.41) is 6.75. The molecule has 0 saturated carbocycles. The summed E-state index contributed by atoms with van der Waals surface area (Å²) in [4.78, 5) is 31.0. The van der Waals surface area contributed by atoms with E-state index in [9.17, 15) is 18.0 Å². The van der Waals surface area contributed by atoms with E-state index in [1.807, 2.05) is 60.7 Å². The van der Waals surface area contributed by atoms with Crippen LogP contribution in [0.3, 0.4) is 0 Å². The van der Waals surface area contributed by atoms with Crippen LogP contribution in [0.4, 0.5) is 16.5 Å². The Kier molecular flexibility index (Phi) is 10.1. The van der Waals surface area contributed by atoms with Gasteiger partial charge >= 0.3 is 5.97 Å². The van der Waals surface area contributed by atoms with Gasteiger partial charge in [-0.05, 0) is 53.9 Å². The van der Waals surface area contributed by atoms with Gasteiger partial charge in [-0.1, -0.05) is 95.7 Å². The van der Waals surface area contributed by atoms with E-state index in [1.165, 1.54) is 7.11 Å². The highest BCUT2D eigenvalue weighted by molar-refractivity contribution is 7.92. The summed E-state index contributed by atoms with van der Waals surface area (Å²) >= 11 is 7.74. The van der Waals surface area contributed by atoms with Crippen LogP contribution in [0.25, 0.3) is 11.3 Å². The zero-order valence-corrected chi connectivity index (χ0v) is 27.4. The molecule has 0 spiro atoms. The lowest BCUT2D eigenvalue weighted by molar-refractivity contribution is -0.120. The van der Waals surface area contributed by atoms with Crippen LogP contribution >= 0.6 is 22.9 Å². The molecule has 0 aliphatic rings. The Morgan fingerprint density at radius 1 is 0.848 bits per heavy atom. The van der Waals surface area contributed by atoms with E-state index in [-0.39, 0.29) is 5.91 Å². The number of benzene rings is 4. The molecule has 46 heavy (non-hydrogen) atoms. The van der Waals surface area contributed by atoms with Crippen molar-refractivity contribution in [1.29, 1.82) is 0 Å². The highest BCUT2D eigenvalue weighted by Gasteiger charge is 2.42. The van der Waals surface area contributed by atoms with E-state index < -0.39 is 21.4 Å². The summed E-state index contributed by atoms with van der Waals surface area (Å²) < 4.78 is 30.8. The van der Waals surface area contributed by atoms with Gasteiger partial charge in [-0.2, -0.15) is 0 Å². The molecular formula is C34H31ClN4O5S2. The molecule has 1 heterocycles. The summed E-state index contributed by atoms with van der Waals surface area (Å²) in [6.07, 6.45) is 1.46. The van der Waals surface area contributed by atoms with Crippen molar-refractivity contribution in [3.05, 3.63) is 130 Å². The predicted molar refractivity (Wildman–Crippen MR) is 184 cm³/mol. The van der Waals surface area contributed by atoms with E-state index in [0.717, 1.165) is 34.4 Å². The maximum atomic E-state index is 14.5. The van der Waals surface area contributed by atoms with Gasteiger partial charge < -0.3 is 15.4 Å². The van der Waals surface area contributed by atoms with E-state index >= 15 is 0 Å². The lowest BCUT2D eigenvalue weighted by Gasteiger charge is -2.33. The first kappa shape index (κ1) is 32.7. The van der Waals surface area contributed by atoms with Crippen molar-refractivity contribution in [2.75, 3.05) is 35.3 Å². The van der Waals surface area contributed by atoms with Gasteiger partial charge in [0.25, 0.3) is 0 Å². The normalized spacial score (nSPS) is 11.5. The lowest BCUT2D eigenvalue weighted by atomic mass is 9.71. The number of halogens is 1. The van der Waals surface area contributed by atoms with E-state index in [4.69, 9.17) is 16.3 Å². The second-order valence-corrected chi connectivity index (χ2v) is 13.8. The molecule has 1 aromatic heterocycles. The number of sulfonamides is 1. The fourth-order valence-corrected chi connectivity index (χ4v) is 6.81. The minimum absolute atomic E-state index is 0.280. The third-order valence-corrected chi connectivity index (χ3v) is 9.10. The number of carbonyl (C=O) groups is 2. The maximum Gasteiger partial charge on any atom is 0.337 e. The topological polar surface area (TPSA) is 126 Å². The molecule has 3 N–H and O–H groups in total. The van der Waals surface area contributed by atoms with Crippen LogP contribution in [-0.2, 0) is 25.0 Å². The number of amides is 1. The highest BCUT2D eigenvalue weighted by atomic mass is 35.5. The van der Waals surface area contributed by atoms with Crippen LogP contribution in [0.5, 0.6) is 0 Å². The fraction of sp³-hybridized carbons (Fsp3) is 0.147. The fourth-order valence-electron chi connectivity index (χ4n) is 5.16. The SMILES string of the molecule is COC(=O)c1ccc(NCCC(C(=O)Nc2nc(-c3ccc(NS(C)(=O)=O)cc3)c(Cl)s2)(c2ccccc2)c2ccccc2)cc1. The number of thiazole rings is 1. The molecular weight excluding hydrogens is 644 g/mol. The minimum Gasteiger partial charge on any atom is -0.465 e. The zero-order valence-electron chi connectivity index (χ0n) is 25.0. The van der Waals surface area contributed by atoms with Gasteiger partial charge in [0, 0.05) is 23.5 Å². The van der Waals surface area contributed by atoms with Crippen molar-refractivity contribution in [2.24, 2.45) is 0 Å². The van der Waals surface area contributed by atoms with Gasteiger partial charge in [-0.25, -0.2) is 18.2 Å². The molecule has 236 valence electrons. The molecule has 5 rings (SSSR count). The molecule has 5 aromatic rings. The molecule has 4 aromatic carbocycles. The Morgan fingerprint density at radius 2 is 1.41 bits per heavy atom. The Labute approximate surface area is 276 Å². The second-order valence-electron chi connectivity index (χ2n) is 10.4. The molecule has 0 fully saturated rings. The van der Waals surface area contributed by atoms with Crippen molar-refractivity contribution >= 4 is 61.3 Å². The largest absolute Gasteiger partial charge is 0.465 e. The van der Waals surface area contributed by atoms with Gasteiger partial charge in [0.05, 0.1) is 18.9 Å². The monoisotopic (exact) mass is 674 g/mol. The molecule has 1 amide bonds. The Balaban J connectivity index is 1.44. The molecule has 0 saturated heterocycles. The molecule has 12 heteroatoms. The molecule has 9 nitrogen and oxygen atoms in total. The van der Waals surface area contributed by atoms with Gasteiger partial charge in [0.2, 0.25) is 15.9 Å². The van der Waals surface area contributed by atoms with Gasteiger partial charge in [0.1, 0.15) is 15.4 Å². The number of nitrogens with one attached hydrogen (secondary N) is 3. The number of esters is 1. The number of carbonyl (C=O) groups excluding carboxylic acids is 2. The lowest BCUT2D eigenvalue weighted by Crippen LogP contribution is -2.43. The predicted octanol–water partition coefficient (Wildman–Crippen LogP) is 7.05. The summed E-state index contributed by atoms with van der Waals surface area (Å²) in [5.41, 5.74) is 3.27.